The smallest absolute Gasteiger partial charge is 0.161 e. The maximum absolute atomic E-state index is 5.54. The summed E-state index contributed by atoms with van der Waals surface area (Å²) in [5.74, 6) is 2.42. The first kappa shape index (κ1) is 18.0. The first-order valence-corrected chi connectivity index (χ1v) is 8.55. The van der Waals surface area contributed by atoms with Gasteiger partial charge in [-0.15, -0.1) is 0 Å². The van der Waals surface area contributed by atoms with E-state index in [1.165, 1.54) is 5.56 Å². The molecule has 0 aliphatic heterocycles. The zero-order valence-electron chi connectivity index (χ0n) is 15.4. The van der Waals surface area contributed by atoms with Crippen LogP contribution in [0.25, 0.3) is 0 Å². The van der Waals surface area contributed by atoms with Crippen LogP contribution in [0.4, 0.5) is 0 Å². The average Bonchev–Trinajstić information content (AvgIpc) is 3.16. The molecule has 2 aromatic heterocycles. The van der Waals surface area contributed by atoms with Gasteiger partial charge in [0.25, 0.3) is 0 Å². The Kier molecular flexibility index (Phi) is 5.92. The predicted molar refractivity (Wildman–Crippen MR) is 100 cm³/mol. The van der Waals surface area contributed by atoms with Crippen LogP contribution in [0, 0.1) is 6.92 Å². The van der Waals surface area contributed by atoms with E-state index in [1.54, 1.807) is 20.5 Å². The lowest BCUT2D eigenvalue weighted by atomic mass is 10.1. The van der Waals surface area contributed by atoms with Gasteiger partial charge in [0.15, 0.2) is 11.5 Å². The van der Waals surface area contributed by atoms with Gasteiger partial charge in [-0.05, 0) is 54.4 Å². The lowest BCUT2D eigenvalue weighted by Gasteiger charge is -2.23. The highest BCUT2D eigenvalue weighted by Crippen LogP contribution is 2.31. The van der Waals surface area contributed by atoms with Crippen molar-refractivity contribution in [3.63, 3.8) is 0 Å². The van der Waals surface area contributed by atoms with Crippen molar-refractivity contribution in [2.24, 2.45) is 0 Å². The molecule has 3 rings (SSSR count). The average molecular weight is 352 g/mol. The fourth-order valence-corrected chi connectivity index (χ4v) is 2.95. The summed E-state index contributed by atoms with van der Waals surface area (Å²) in [4.78, 5) is 6.76. The molecule has 2 heterocycles. The van der Waals surface area contributed by atoms with E-state index < -0.39 is 0 Å². The minimum Gasteiger partial charge on any atom is -0.493 e. The van der Waals surface area contributed by atoms with Crippen molar-refractivity contribution in [2.45, 2.75) is 26.6 Å². The molecular formula is C21H24N2O3. The standard InChI is InChI=1S/C21H24N2O3/c1-16-11-20(24-2)21(25-3)12-17(16)13-23(15-19-8-6-10-26-19)14-18-7-4-5-9-22-18/h4-12H,13-15H2,1-3H3. The van der Waals surface area contributed by atoms with E-state index in [0.717, 1.165) is 41.6 Å². The molecule has 0 aliphatic carbocycles. The number of rotatable bonds is 8. The third-order valence-electron chi connectivity index (χ3n) is 4.31. The number of pyridine rings is 1. The molecule has 26 heavy (non-hydrogen) atoms. The molecule has 0 spiro atoms. The second kappa shape index (κ2) is 8.54. The van der Waals surface area contributed by atoms with Gasteiger partial charge in [0.05, 0.1) is 32.7 Å². The largest absolute Gasteiger partial charge is 0.493 e. The number of hydrogen-bond acceptors (Lipinski definition) is 5. The van der Waals surface area contributed by atoms with Crippen LogP contribution < -0.4 is 9.47 Å². The van der Waals surface area contributed by atoms with Gasteiger partial charge < -0.3 is 13.9 Å². The fourth-order valence-electron chi connectivity index (χ4n) is 2.95. The van der Waals surface area contributed by atoms with E-state index in [-0.39, 0.29) is 0 Å². The van der Waals surface area contributed by atoms with Crippen LogP contribution in [0.2, 0.25) is 0 Å². The van der Waals surface area contributed by atoms with Crippen molar-refractivity contribution >= 4 is 0 Å². The van der Waals surface area contributed by atoms with Crippen LogP contribution in [-0.4, -0.2) is 24.1 Å². The number of furan rings is 1. The van der Waals surface area contributed by atoms with E-state index in [2.05, 4.69) is 16.8 Å². The molecule has 0 aliphatic rings. The van der Waals surface area contributed by atoms with Crippen LogP contribution in [0.1, 0.15) is 22.6 Å². The van der Waals surface area contributed by atoms with Crippen LogP contribution in [0.5, 0.6) is 11.5 Å². The molecule has 5 heteroatoms. The molecule has 136 valence electrons. The summed E-state index contributed by atoms with van der Waals surface area (Å²) in [6.45, 7) is 4.28. The molecule has 0 saturated heterocycles. The molecule has 0 radical (unpaired) electrons. The maximum atomic E-state index is 5.54. The molecule has 0 bridgehead atoms. The predicted octanol–water partition coefficient (Wildman–Crippen LogP) is 4.20. The van der Waals surface area contributed by atoms with Crippen LogP contribution in [-0.2, 0) is 19.6 Å². The van der Waals surface area contributed by atoms with E-state index in [0.29, 0.717) is 6.54 Å². The minimum atomic E-state index is 0.706. The van der Waals surface area contributed by atoms with Gasteiger partial charge in [0.1, 0.15) is 5.76 Å². The molecule has 0 N–H and O–H groups in total. The Morgan fingerprint density at radius 3 is 2.42 bits per heavy atom. The van der Waals surface area contributed by atoms with Gasteiger partial charge in [0, 0.05) is 19.3 Å². The summed E-state index contributed by atoms with van der Waals surface area (Å²) < 4.78 is 16.4. The number of hydrogen-bond donors (Lipinski definition) is 0. The van der Waals surface area contributed by atoms with E-state index in [9.17, 15) is 0 Å². The summed E-state index contributed by atoms with van der Waals surface area (Å²) in [5.41, 5.74) is 3.37. The maximum Gasteiger partial charge on any atom is 0.161 e. The highest BCUT2D eigenvalue weighted by molar-refractivity contribution is 5.47. The second-order valence-corrected chi connectivity index (χ2v) is 6.18. The summed E-state index contributed by atoms with van der Waals surface area (Å²) in [7, 11) is 3.31. The van der Waals surface area contributed by atoms with Crippen molar-refractivity contribution in [3.8, 4) is 11.5 Å². The Morgan fingerprint density at radius 2 is 1.77 bits per heavy atom. The van der Waals surface area contributed by atoms with Crippen molar-refractivity contribution in [1.82, 2.24) is 9.88 Å². The molecule has 0 saturated carbocycles. The summed E-state index contributed by atoms with van der Waals surface area (Å²) >= 11 is 0. The van der Waals surface area contributed by atoms with Gasteiger partial charge in [-0.1, -0.05) is 6.07 Å². The highest BCUT2D eigenvalue weighted by Gasteiger charge is 2.14. The Labute approximate surface area is 154 Å². The summed E-state index contributed by atoms with van der Waals surface area (Å²) in [5, 5.41) is 0. The molecule has 0 amide bonds. The van der Waals surface area contributed by atoms with Gasteiger partial charge in [0.2, 0.25) is 0 Å². The van der Waals surface area contributed by atoms with Gasteiger partial charge in [-0.3, -0.25) is 9.88 Å². The van der Waals surface area contributed by atoms with Crippen molar-refractivity contribution < 1.29 is 13.9 Å². The number of benzene rings is 1. The number of aryl methyl sites for hydroxylation is 1. The Bertz CT molecular complexity index is 817. The normalized spacial score (nSPS) is 10.9. The Hall–Kier alpha value is -2.79. The first-order chi connectivity index (χ1) is 12.7. The Balaban J connectivity index is 1.85. The summed E-state index contributed by atoms with van der Waals surface area (Å²) in [6, 6.07) is 13.9. The SMILES string of the molecule is COc1cc(C)c(CN(Cc2ccccn2)Cc2ccco2)cc1OC. The number of aromatic nitrogens is 1. The molecular weight excluding hydrogens is 328 g/mol. The van der Waals surface area contributed by atoms with E-state index in [4.69, 9.17) is 13.9 Å². The van der Waals surface area contributed by atoms with E-state index in [1.807, 2.05) is 48.7 Å². The van der Waals surface area contributed by atoms with Crippen molar-refractivity contribution in [3.05, 3.63) is 77.5 Å². The van der Waals surface area contributed by atoms with Gasteiger partial charge in [-0.25, -0.2) is 0 Å². The second-order valence-electron chi connectivity index (χ2n) is 6.18. The zero-order valence-corrected chi connectivity index (χ0v) is 15.4. The topological polar surface area (TPSA) is 47.7 Å². The molecule has 3 aromatic rings. The Morgan fingerprint density at radius 1 is 0.962 bits per heavy atom. The third kappa shape index (κ3) is 4.43. The molecule has 1 aromatic carbocycles. The summed E-state index contributed by atoms with van der Waals surface area (Å²) in [6.07, 6.45) is 3.53. The van der Waals surface area contributed by atoms with Crippen LogP contribution in [0.3, 0.4) is 0 Å². The monoisotopic (exact) mass is 352 g/mol. The van der Waals surface area contributed by atoms with Gasteiger partial charge in [-0.2, -0.15) is 0 Å². The lowest BCUT2D eigenvalue weighted by molar-refractivity contribution is 0.223. The molecule has 0 unspecified atom stereocenters. The van der Waals surface area contributed by atoms with E-state index >= 15 is 0 Å². The van der Waals surface area contributed by atoms with Crippen molar-refractivity contribution in [1.29, 1.82) is 0 Å². The zero-order chi connectivity index (χ0) is 18.4. The number of methoxy groups -OCH3 is 2. The molecule has 0 atom stereocenters. The van der Waals surface area contributed by atoms with Gasteiger partial charge >= 0.3 is 0 Å². The molecule has 0 fully saturated rings. The minimum absolute atomic E-state index is 0.706. The van der Waals surface area contributed by atoms with Crippen LogP contribution in [0.15, 0.2) is 59.3 Å². The van der Waals surface area contributed by atoms with Crippen molar-refractivity contribution in [2.75, 3.05) is 14.2 Å². The quantitative estimate of drug-likeness (QED) is 0.608. The number of ether oxygens (including phenoxy) is 2. The lowest BCUT2D eigenvalue weighted by Crippen LogP contribution is -2.23. The molecule has 5 nitrogen and oxygen atoms in total. The first-order valence-electron chi connectivity index (χ1n) is 8.55. The fraction of sp³-hybridized carbons (Fsp3) is 0.286. The van der Waals surface area contributed by atoms with Crippen LogP contribution >= 0.6 is 0 Å². The highest BCUT2D eigenvalue weighted by atomic mass is 16.5. The number of nitrogens with zero attached hydrogens (tertiary/aromatic N) is 2. The third-order valence-corrected chi connectivity index (χ3v) is 4.31.